The third-order valence-electron chi connectivity index (χ3n) is 6.39. The van der Waals surface area contributed by atoms with Crippen molar-refractivity contribution < 1.29 is 18.3 Å². The van der Waals surface area contributed by atoms with Crippen molar-refractivity contribution in [3.63, 3.8) is 0 Å². The number of aliphatic hydroxyl groups excluding tert-OH is 1. The van der Waals surface area contributed by atoms with E-state index in [2.05, 4.69) is 21.8 Å². The summed E-state index contributed by atoms with van der Waals surface area (Å²) in [7, 11) is 0. The van der Waals surface area contributed by atoms with Gasteiger partial charge in [-0.15, -0.1) is 10.2 Å². The van der Waals surface area contributed by atoms with Gasteiger partial charge in [0.05, 0.1) is 18.7 Å². The predicted octanol–water partition coefficient (Wildman–Crippen LogP) is 4.76. The minimum absolute atomic E-state index is 0.152. The summed E-state index contributed by atoms with van der Waals surface area (Å²) in [4.78, 5) is 15.0. The smallest absolute Gasteiger partial charge is 0.388 e. The molecule has 1 aliphatic rings. The minimum Gasteiger partial charge on any atom is -0.388 e. The summed E-state index contributed by atoms with van der Waals surface area (Å²) < 4.78 is 42.5. The van der Waals surface area contributed by atoms with Crippen LogP contribution in [0.5, 0.6) is 0 Å². The van der Waals surface area contributed by atoms with Gasteiger partial charge >= 0.3 is 6.18 Å². The summed E-state index contributed by atoms with van der Waals surface area (Å²) in [5.41, 5.74) is 2.73. The number of nitrogens with zero attached hydrogens (tertiary/aromatic N) is 4. The molecule has 0 fully saturated rings. The van der Waals surface area contributed by atoms with Crippen LogP contribution >= 0.6 is 12.2 Å². The molecule has 0 unspecified atom stereocenters. The Bertz CT molecular complexity index is 1490. The van der Waals surface area contributed by atoms with Crippen LogP contribution in [0.15, 0.2) is 59.4 Å². The number of H-pyrrole nitrogens is 1. The Morgan fingerprint density at radius 1 is 1.16 bits per heavy atom. The number of aromatic nitrogens is 5. The second-order valence-electron chi connectivity index (χ2n) is 8.70. The Morgan fingerprint density at radius 3 is 2.51 bits per heavy atom. The molecule has 3 aromatic rings. The summed E-state index contributed by atoms with van der Waals surface area (Å²) in [6.45, 7) is 6.12. The fraction of sp³-hybridized carbons (Fsp3) is 0.308. The highest BCUT2D eigenvalue weighted by molar-refractivity contribution is 7.71. The van der Waals surface area contributed by atoms with Gasteiger partial charge in [-0.05, 0) is 67.2 Å². The quantitative estimate of drug-likeness (QED) is 0.325. The molecular formula is C26H26F3N5O2S. The van der Waals surface area contributed by atoms with Gasteiger partial charge in [0, 0.05) is 11.3 Å². The molecule has 0 saturated carbocycles. The number of aromatic amines is 1. The molecule has 0 amide bonds. The zero-order chi connectivity index (χ0) is 26.7. The lowest BCUT2D eigenvalue weighted by molar-refractivity contribution is -0.137. The molecule has 7 nitrogen and oxygen atoms in total. The maximum atomic E-state index is 12.8. The SMILES string of the molecule is C=C(/C=C\C(=C/C)Cn1c(CO)nnc1Cn1c2c(c(=O)[nH]c1=S)CCC2)c1ccc(C(F)(F)F)cc1. The van der Waals surface area contributed by atoms with Crippen LogP contribution in [0.1, 0.15) is 47.4 Å². The van der Waals surface area contributed by atoms with E-state index in [9.17, 15) is 23.1 Å². The van der Waals surface area contributed by atoms with Gasteiger partial charge in [-0.1, -0.05) is 36.9 Å². The lowest BCUT2D eigenvalue weighted by Gasteiger charge is -2.15. The van der Waals surface area contributed by atoms with Crippen molar-refractivity contribution in [2.45, 2.75) is 52.1 Å². The first kappa shape index (κ1) is 26.5. The summed E-state index contributed by atoms with van der Waals surface area (Å²) in [6, 6.07) is 4.83. The topological polar surface area (TPSA) is 88.7 Å². The Morgan fingerprint density at radius 2 is 1.86 bits per heavy atom. The van der Waals surface area contributed by atoms with E-state index in [0.717, 1.165) is 41.8 Å². The highest BCUT2D eigenvalue weighted by Crippen LogP contribution is 2.30. The highest BCUT2D eigenvalue weighted by atomic mass is 32.1. The first-order valence-corrected chi connectivity index (χ1v) is 12.1. The molecule has 0 spiro atoms. The fourth-order valence-corrected chi connectivity index (χ4v) is 4.60. The molecule has 2 aromatic heterocycles. The van der Waals surface area contributed by atoms with Crippen molar-refractivity contribution in [1.29, 1.82) is 0 Å². The van der Waals surface area contributed by atoms with Crippen molar-refractivity contribution in [3.05, 3.63) is 104 Å². The molecule has 0 bridgehead atoms. The minimum atomic E-state index is -4.39. The van der Waals surface area contributed by atoms with E-state index >= 15 is 0 Å². The Kier molecular flexibility index (Phi) is 7.74. The standard InChI is InChI=1S/C26H26F3N5O2S/c1-3-17(8-7-16(2)18-9-11-19(12-10-18)26(27,28)29)13-34-22(31-32-23(34)15-35)14-33-21-6-4-5-20(21)24(36)30-25(33)37/h3,7-12,35H,2,4-6,13-15H2,1H3,(H,30,36,37)/b8-7-,17-3+. The predicted molar refractivity (Wildman–Crippen MR) is 136 cm³/mol. The van der Waals surface area contributed by atoms with E-state index in [-0.39, 0.29) is 18.7 Å². The Balaban J connectivity index is 1.56. The second kappa shape index (κ2) is 10.8. The second-order valence-corrected chi connectivity index (χ2v) is 9.08. The molecule has 37 heavy (non-hydrogen) atoms. The fourth-order valence-electron chi connectivity index (χ4n) is 4.33. The number of fused-ring (bicyclic) bond motifs is 1. The summed E-state index contributed by atoms with van der Waals surface area (Å²) in [5, 5.41) is 18.2. The third-order valence-corrected chi connectivity index (χ3v) is 6.71. The highest BCUT2D eigenvalue weighted by Gasteiger charge is 2.30. The number of halogens is 3. The molecule has 4 rings (SSSR count). The maximum absolute atomic E-state index is 12.8. The van der Waals surface area contributed by atoms with E-state index in [4.69, 9.17) is 12.2 Å². The first-order chi connectivity index (χ1) is 17.6. The molecule has 0 radical (unpaired) electrons. The van der Waals surface area contributed by atoms with Gasteiger partial charge in [0.1, 0.15) is 6.61 Å². The van der Waals surface area contributed by atoms with Gasteiger partial charge < -0.3 is 14.2 Å². The van der Waals surface area contributed by atoms with Crippen LogP contribution in [0.25, 0.3) is 5.57 Å². The van der Waals surface area contributed by atoms with Gasteiger partial charge in [0.25, 0.3) is 5.56 Å². The maximum Gasteiger partial charge on any atom is 0.416 e. The van der Waals surface area contributed by atoms with Crippen LogP contribution in [0.2, 0.25) is 0 Å². The molecule has 11 heteroatoms. The summed E-state index contributed by atoms with van der Waals surface area (Å²) in [6.07, 6.45) is 3.35. The van der Waals surface area contributed by atoms with E-state index in [1.807, 2.05) is 23.6 Å². The zero-order valence-corrected chi connectivity index (χ0v) is 21.0. The Hall–Kier alpha value is -3.57. The van der Waals surface area contributed by atoms with Crippen LogP contribution < -0.4 is 5.56 Å². The molecule has 1 aromatic carbocycles. The average molecular weight is 530 g/mol. The van der Waals surface area contributed by atoms with Gasteiger partial charge in [-0.3, -0.25) is 9.78 Å². The monoisotopic (exact) mass is 529 g/mol. The molecule has 194 valence electrons. The lowest BCUT2D eigenvalue weighted by atomic mass is 10.0. The number of hydrogen-bond donors (Lipinski definition) is 2. The van der Waals surface area contributed by atoms with Crippen LogP contribution in [0.3, 0.4) is 0 Å². The number of hydrogen-bond acceptors (Lipinski definition) is 5. The van der Waals surface area contributed by atoms with Crippen molar-refractivity contribution in [3.8, 4) is 0 Å². The van der Waals surface area contributed by atoms with E-state index in [0.29, 0.717) is 40.5 Å². The van der Waals surface area contributed by atoms with E-state index < -0.39 is 11.7 Å². The van der Waals surface area contributed by atoms with Crippen molar-refractivity contribution in [2.75, 3.05) is 0 Å². The first-order valence-electron chi connectivity index (χ1n) is 11.7. The van der Waals surface area contributed by atoms with Gasteiger partial charge in [-0.25, -0.2) is 0 Å². The summed E-state index contributed by atoms with van der Waals surface area (Å²) >= 11 is 5.42. The van der Waals surface area contributed by atoms with Crippen molar-refractivity contribution >= 4 is 17.8 Å². The molecule has 0 atom stereocenters. The molecule has 2 N–H and O–H groups in total. The number of rotatable bonds is 8. The van der Waals surface area contributed by atoms with Crippen LogP contribution in [-0.4, -0.2) is 29.4 Å². The number of alkyl halides is 3. The van der Waals surface area contributed by atoms with Crippen molar-refractivity contribution in [1.82, 2.24) is 24.3 Å². The third kappa shape index (κ3) is 5.72. The zero-order valence-electron chi connectivity index (χ0n) is 20.2. The molecule has 1 aliphatic carbocycles. The van der Waals surface area contributed by atoms with Gasteiger partial charge in [0.15, 0.2) is 16.4 Å². The van der Waals surface area contributed by atoms with Crippen LogP contribution in [0, 0.1) is 4.77 Å². The van der Waals surface area contributed by atoms with Crippen LogP contribution in [-0.2, 0) is 38.7 Å². The molecule has 0 aliphatic heterocycles. The number of nitrogens with one attached hydrogen (secondary N) is 1. The van der Waals surface area contributed by atoms with Crippen molar-refractivity contribution in [2.24, 2.45) is 0 Å². The Labute approximate surface area is 216 Å². The molecule has 0 saturated heterocycles. The number of benzene rings is 1. The number of allylic oxidation sites excluding steroid dienone is 5. The van der Waals surface area contributed by atoms with Crippen LogP contribution in [0.4, 0.5) is 13.2 Å². The molecule has 2 heterocycles. The largest absolute Gasteiger partial charge is 0.416 e. The molecular weight excluding hydrogens is 503 g/mol. The van der Waals surface area contributed by atoms with Gasteiger partial charge in [0.2, 0.25) is 0 Å². The summed E-state index contributed by atoms with van der Waals surface area (Å²) in [5.74, 6) is 0.938. The van der Waals surface area contributed by atoms with Gasteiger partial charge in [-0.2, -0.15) is 13.2 Å². The lowest BCUT2D eigenvalue weighted by Crippen LogP contribution is -2.22. The normalized spacial score (nSPS) is 13.9. The van der Waals surface area contributed by atoms with E-state index in [1.54, 1.807) is 10.6 Å². The van der Waals surface area contributed by atoms with E-state index in [1.165, 1.54) is 12.1 Å². The average Bonchev–Trinajstić information content (AvgIpc) is 3.51. The number of aliphatic hydroxyl groups is 1.